The van der Waals surface area contributed by atoms with E-state index in [4.69, 9.17) is 27.4 Å². The number of ether oxygens (including phenoxy) is 2. The fourth-order valence-electron chi connectivity index (χ4n) is 3.01. The summed E-state index contributed by atoms with van der Waals surface area (Å²) in [5, 5.41) is 0. The molecule has 2 aliphatic rings. The van der Waals surface area contributed by atoms with Crippen molar-refractivity contribution in [2.45, 2.75) is 51.0 Å². The van der Waals surface area contributed by atoms with Gasteiger partial charge in [-0.15, -0.1) is 0 Å². The maximum atomic E-state index is 5.90. The maximum absolute atomic E-state index is 5.90. The topological polar surface area (TPSA) is 57.4 Å². The average Bonchev–Trinajstić information content (AvgIpc) is 2.53. The van der Waals surface area contributed by atoms with E-state index in [1.165, 1.54) is 24.8 Å². The van der Waals surface area contributed by atoms with E-state index in [-0.39, 0.29) is 6.10 Å². The van der Waals surface area contributed by atoms with Crippen molar-refractivity contribution in [1.82, 2.24) is 4.98 Å². The Labute approximate surface area is 131 Å². The van der Waals surface area contributed by atoms with Gasteiger partial charge in [-0.1, -0.05) is 12.2 Å². The number of aromatic nitrogens is 1. The number of aryl methyl sites for hydroxylation is 2. The number of nitrogens with zero attached hydrogens (tertiary/aromatic N) is 1. The second-order valence-electron chi connectivity index (χ2n) is 5.82. The smallest absolute Gasteiger partial charge is 0.224 e. The number of hydrogen-bond donors (Lipinski definition) is 1. The summed E-state index contributed by atoms with van der Waals surface area (Å²) in [6.45, 7) is 1.36. The number of fused-ring (bicyclic) bond motifs is 1. The first kappa shape index (κ1) is 14.7. The molecule has 1 aromatic rings. The Hall–Kier alpha value is -1.20. The zero-order valence-electron chi connectivity index (χ0n) is 12.3. The summed E-state index contributed by atoms with van der Waals surface area (Å²) < 4.78 is 11.6. The number of pyridine rings is 1. The van der Waals surface area contributed by atoms with Gasteiger partial charge in [-0.25, -0.2) is 4.98 Å². The molecule has 0 saturated carbocycles. The summed E-state index contributed by atoms with van der Waals surface area (Å²) in [6, 6.07) is 2.07. The summed E-state index contributed by atoms with van der Waals surface area (Å²) in [4.78, 5) is 5.03. The second kappa shape index (κ2) is 6.71. The molecule has 1 atom stereocenters. The molecule has 0 amide bonds. The third-order valence-corrected chi connectivity index (χ3v) is 4.43. The van der Waals surface area contributed by atoms with E-state index in [0.29, 0.717) is 17.5 Å². The van der Waals surface area contributed by atoms with Crippen molar-refractivity contribution in [3.63, 3.8) is 0 Å². The quantitative estimate of drug-likeness (QED) is 0.866. The van der Waals surface area contributed by atoms with Gasteiger partial charge in [0.15, 0.2) is 0 Å². The highest BCUT2D eigenvalue weighted by molar-refractivity contribution is 7.80. The molecule has 2 N–H and O–H groups in total. The van der Waals surface area contributed by atoms with Gasteiger partial charge in [-0.3, -0.25) is 0 Å². The largest absolute Gasteiger partial charge is 0.474 e. The van der Waals surface area contributed by atoms with Crippen molar-refractivity contribution in [3.8, 4) is 5.88 Å². The third-order valence-electron chi connectivity index (χ3n) is 4.21. The van der Waals surface area contributed by atoms with Gasteiger partial charge < -0.3 is 15.2 Å². The summed E-state index contributed by atoms with van der Waals surface area (Å²) in [7, 11) is 0. The van der Waals surface area contributed by atoms with Crippen LogP contribution >= 0.6 is 12.2 Å². The van der Waals surface area contributed by atoms with Crippen molar-refractivity contribution < 1.29 is 9.47 Å². The molecule has 1 fully saturated rings. The highest BCUT2D eigenvalue weighted by Crippen LogP contribution is 2.26. The molecule has 1 saturated heterocycles. The molecule has 114 valence electrons. The molecule has 1 aromatic heterocycles. The molecule has 21 heavy (non-hydrogen) atoms. The van der Waals surface area contributed by atoms with Gasteiger partial charge in [0.2, 0.25) is 5.88 Å². The van der Waals surface area contributed by atoms with Crippen LogP contribution in [0.15, 0.2) is 6.07 Å². The minimum Gasteiger partial charge on any atom is -0.474 e. The lowest BCUT2D eigenvalue weighted by Crippen LogP contribution is -2.27. The van der Waals surface area contributed by atoms with Crippen LogP contribution in [0.25, 0.3) is 0 Å². The molecule has 0 spiro atoms. The van der Waals surface area contributed by atoms with Crippen molar-refractivity contribution in [2.75, 3.05) is 13.2 Å². The lowest BCUT2D eigenvalue weighted by molar-refractivity contribution is -0.0120. The Balaban J connectivity index is 1.77. The fraction of sp³-hybridized carbons (Fsp3) is 0.625. The standard InChI is InChI=1S/C16H22N2O2S/c17-15(21)13-9-11-5-1-2-7-14(11)18-16(13)20-10-12-6-3-4-8-19-12/h9,12H,1-8,10H2,(H2,17,21). The zero-order valence-corrected chi connectivity index (χ0v) is 13.1. The molecule has 5 heteroatoms. The average molecular weight is 306 g/mol. The number of hydrogen-bond acceptors (Lipinski definition) is 4. The third kappa shape index (κ3) is 3.52. The van der Waals surface area contributed by atoms with Gasteiger partial charge in [0.25, 0.3) is 0 Å². The van der Waals surface area contributed by atoms with Crippen LogP contribution in [0.4, 0.5) is 0 Å². The van der Waals surface area contributed by atoms with E-state index in [1.54, 1.807) is 0 Å². The van der Waals surface area contributed by atoms with Gasteiger partial charge in [0.05, 0.1) is 11.7 Å². The predicted molar refractivity (Wildman–Crippen MR) is 85.9 cm³/mol. The molecule has 1 aliphatic carbocycles. The molecule has 3 rings (SSSR count). The first-order chi connectivity index (χ1) is 10.2. The summed E-state index contributed by atoms with van der Waals surface area (Å²) in [5.41, 5.74) is 9.01. The van der Waals surface area contributed by atoms with Crippen LogP contribution in [0.5, 0.6) is 5.88 Å². The molecule has 0 aromatic carbocycles. The lowest BCUT2D eigenvalue weighted by atomic mass is 9.95. The molecule has 0 bridgehead atoms. The van der Waals surface area contributed by atoms with Crippen molar-refractivity contribution in [1.29, 1.82) is 0 Å². The zero-order chi connectivity index (χ0) is 14.7. The van der Waals surface area contributed by atoms with Crippen LogP contribution < -0.4 is 10.5 Å². The van der Waals surface area contributed by atoms with Crippen LogP contribution in [0.3, 0.4) is 0 Å². The molecule has 1 aliphatic heterocycles. The van der Waals surface area contributed by atoms with Crippen molar-refractivity contribution >= 4 is 17.2 Å². The van der Waals surface area contributed by atoms with Gasteiger partial charge in [0, 0.05) is 12.3 Å². The number of nitrogens with two attached hydrogens (primary N) is 1. The Morgan fingerprint density at radius 3 is 2.95 bits per heavy atom. The SMILES string of the molecule is NC(=S)c1cc2c(nc1OCC1CCCCO1)CCCC2. The highest BCUT2D eigenvalue weighted by Gasteiger charge is 2.20. The summed E-state index contributed by atoms with van der Waals surface area (Å²) in [5.74, 6) is 0.581. The Morgan fingerprint density at radius 1 is 1.33 bits per heavy atom. The molecular weight excluding hydrogens is 284 g/mol. The van der Waals surface area contributed by atoms with E-state index in [9.17, 15) is 0 Å². The van der Waals surface area contributed by atoms with E-state index in [1.807, 2.05) is 0 Å². The molecule has 4 nitrogen and oxygen atoms in total. The fourth-order valence-corrected chi connectivity index (χ4v) is 3.16. The molecular formula is C16H22N2O2S. The van der Waals surface area contributed by atoms with Gasteiger partial charge in [0.1, 0.15) is 11.6 Å². The monoisotopic (exact) mass is 306 g/mol. The molecule has 2 heterocycles. The van der Waals surface area contributed by atoms with Crippen LogP contribution in [0.2, 0.25) is 0 Å². The lowest BCUT2D eigenvalue weighted by Gasteiger charge is -2.24. The highest BCUT2D eigenvalue weighted by atomic mass is 32.1. The number of thiocarbonyl (C=S) groups is 1. The minimum absolute atomic E-state index is 0.163. The predicted octanol–water partition coefficient (Wildman–Crippen LogP) is 2.54. The first-order valence-corrected chi connectivity index (χ1v) is 8.22. The van der Waals surface area contributed by atoms with Crippen molar-refractivity contribution in [2.24, 2.45) is 5.73 Å². The van der Waals surface area contributed by atoms with Crippen LogP contribution in [-0.2, 0) is 17.6 Å². The van der Waals surface area contributed by atoms with Gasteiger partial charge in [-0.05, 0) is 56.6 Å². The Kier molecular flexibility index (Phi) is 4.70. The first-order valence-electron chi connectivity index (χ1n) is 7.81. The molecule has 1 unspecified atom stereocenters. The van der Waals surface area contributed by atoms with E-state index in [0.717, 1.165) is 43.5 Å². The van der Waals surface area contributed by atoms with Crippen LogP contribution in [0.1, 0.15) is 48.9 Å². The minimum atomic E-state index is 0.163. The van der Waals surface area contributed by atoms with Gasteiger partial charge >= 0.3 is 0 Å². The maximum Gasteiger partial charge on any atom is 0.224 e. The van der Waals surface area contributed by atoms with E-state index < -0.39 is 0 Å². The van der Waals surface area contributed by atoms with E-state index >= 15 is 0 Å². The van der Waals surface area contributed by atoms with Crippen molar-refractivity contribution in [3.05, 3.63) is 22.9 Å². The Morgan fingerprint density at radius 2 is 2.19 bits per heavy atom. The van der Waals surface area contributed by atoms with E-state index in [2.05, 4.69) is 11.1 Å². The summed E-state index contributed by atoms with van der Waals surface area (Å²) >= 11 is 5.15. The number of rotatable bonds is 4. The molecule has 0 radical (unpaired) electrons. The Bertz CT molecular complexity index is 527. The summed E-state index contributed by atoms with van der Waals surface area (Å²) in [6.07, 6.45) is 8.04. The second-order valence-corrected chi connectivity index (χ2v) is 6.26. The van der Waals surface area contributed by atoms with Gasteiger partial charge in [-0.2, -0.15) is 0 Å². The van der Waals surface area contributed by atoms with Crippen LogP contribution in [0, 0.1) is 0 Å². The van der Waals surface area contributed by atoms with Crippen LogP contribution in [-0.4, -0.2) is 29.3 Å². The normalized spacial score (nSPS) is 21.6.